The lowest BCUT2D eigenvalue weighted by Gasteiger charge is -2.33. The van der Waals surface area contributed by atoms with Crippen LogP contribution in [-0.2, 0) is 19.9 Å². The van der Waals surface area contributed by atoms with Crippen LogP contribution in [0.25, 0.3) is 11.0 Å². The number of rotatable bonds is 2. The molecule has 0 saturated carbocycles. The van der Waals surface area contributed by atoms with Gasteiger partial charge >= 0.3 is 0 Å². The van der Waals surface area contributed by atoms with Crippen LogP contribution in [0.5, 0.6) is 0 Å². The topological polar surface area (TPSA) is 46.8 Å². The van der Waals surface area contributed by atoms with Crippen LogP contribution >= 0.6 is 15.9 Å². The van der Waals surface area contributed by atoms with Gasteiger partial charge in [-0.1, -0.05) is 24.3 Å². The number of likely N-dealkylation sites (N-methyl/N-ethyl adjacent to an activating group) is 1. The van der Waals surface area contributed by atoms with E-state index in [1.807, 2.05) is 7.05 Å². The van der Waals surface area contributed by atoms with Gasteiger partial charge in [-0.15, -0.1) is 0 Å². The molecule has 0 N–H and O–H groups in total. The Morgan fingerprint density at radius 3 is 2.83 bits per heavy atom. The summed E-state index contributed by atoms with van der Waals surface area (Å²) in [6.07, 6.45) is 4.93. The van der Waals surface area contributed by atoms with Crippen molar-refractivity contribution in [2.45, 2.75) is 25.3 Å². The molecule has 1 aromatic carbocycles. The molecule has 1 unspecified atom stereocenters. The lowest BCUT2D eigenvalue weighted by Crippen LogP contribution is -2.37. The molecule has 4 rings (SSSR count). The van der Waals surface area contributed by atoms with Crippen LogP contribution in [0.1, 0.15) is 17.5 Å². The highest BCUT2D eigenvalue weighted by molar-refractivity contribution is 9.10. The van der Waals surface area contributed by atoms with Crippen molar-refractivity contribution in [3.8, 4) is 0 Å². The third-order valence-corrected chi connectivity index (χ3v) is 5.32. The molecule has 1 aliphatic rings. The zero-order valence-electron chi connectivity index (χ0n) is 13.2. The van der Waals surface area contributed by atoms with E-state index in [0.717, 1.165) is 40.7 Å². The maximum atomic E-state index is 4.54. The molecule has 3 aromatic rings. The fraction of sp³-hybridized carbons (Fsp3) is 0.353. The summed E-state index contributed by atoms with van der Waals surface area (Å²) < 4.78 is 2.59. The molecule has 0 fully saturated rings. The molecular formula is C17H18BrN5. The molecule has 1 aliphatic carbocycles. The summed E-state index contributed by atoms with van der Waals surface area (Å²) in [5.41, 5.74) is 3.78. The van der Waals surface area contributed by atoms with E-state index in [9.17, 15) is 0 Å². The van der Waals surface area contributed by atoms with E-state index in [4.69, 9.17) is 0 Å². The number of halogens is 1. The van der Waals surface area contributed by atoms with Crippen LogP contribution in [0, 0.1) is 0 Å². The average molecular weight is 372 g/mol. The lowest BCUT2D eigenvalue weighted by atomic mass is 9.87. The van der Waals surface area contributed by atoms with Gasteiger partial charge in [0.25, 0.3) is 0 Å². The molecule has 23 heavy (non-hydrogen) atoms. The van der Waals surface area contributed by atoms with Gasteiger partial charge in [0.15, 0.2) is 5.65 Å². The van der Waals surface area contributed by atoms with Gasteiger partial charge in [-0.3, -0.25) is 0 Å². The molecule has 1 atom stereocenters. The largest absolute Gasteiger partial charge is 0.356 e. The first-order valence-electron chi connectivity index (χ1n) is 7.78. The van der Waals surface area contributed by atoms with E-state index >= 15 is 0 Å². The third-order valence-electron chi connectivity index (χ3n) is 4.76. The van der Waals surface area contributed by atoms with Crippen LogP contribution in [0.3, 0.4) is 0 Å². The van der Waals surface area contributed by atoms with Crippen LogP contribution in [0.2, 0.25) is 0 Å². The summed E-state index contributed by atoms with van der Waals surface area (Å²) in [4.78, 5) is 11.2. The smallest absolute Gasteiger partial charge is 0.164 e. The number of hydrogen-bond acceptors (Lipinski definition) is 4. The summed E-state index contributed by atoms with van der Waals surface area (Å²) in [5, 5.41) is 5.40. The number of aryl methyl sites for hydroxylation is 2. The van der Waals surface area contributed by atoms with Crippen molar-refractivity contribution in [2.24, 2.45) is 7.05 Å². The van der Waals surface area contributed by atoms with Gasteiger partial charge < -0.3 is 4.90 Å². The first kappa shape index (κ1) is 14.6. The summed E-state index contributed by atoms with van der Waals surface area (Å²) in [6, 6.07) is 9.18. The first-order chi connectivity index (χ1) is 11.1. The zero-order chi connectivity index (χ0) is 16.0. The Labute approximate surface area is 143 Å². The zero-order valence-corrected chi connectivity index (χ0v) is 14.8. The number of benzene rings is 1. The van der Waals surface area contributed by atoms with E-state index in [1.165, 1.54) is 11.1 Å². The quantitative estimate of drug-likeness (QED) is 0.694. The maximum Gasteiger partial charge on any atom is 0.164 e. The third kappa shape index (κ3) is 2.41. The van der Waals surface area contributed by atoms with Crippen LogP contribution in [-0.4, -0.2) is 32.8 Å². The second-order valence-electron chi connectivity index (χ2n) is 6.09. The van der Waals surface area contributed by atoms with Crippen LogP contribution < -0.4 is 4.90 Å². The monoisotopic (exact) mass is 371 g/mol. The van der Waals surface area contributed by atoms with E-state index in [0.29, 0.717) is 6.04 Å². The molecule has 0 bridgehead atoms. The lowest BCUT2D eigenvalue weighted by molar-refractivity contribution is 0.545. The molecule has 2 heterocycles. The fourth-order valence-corrected chi connectivity index (χ4v) is 4.07. The molecule has 6 heteroatoms. The average Bonchev–Trinajstić information content (AvgIpc) is 2.88. The van der Waals surface area contributed by atoms with E-state index < -0.39 is 0 Å². The highest BCUT2D eigenvalue weighted by atomic mass is 79.9. The highest BCUT2D eigenvalue weighted by Crippen LogP contribution is 2.32. The predicted molar refractivity (Wildman–Crippen MR) is 94.7 cm³/mol. The predicted octanol–water partition coefficient (Wildman–Crippen LogP) is 3.12. The second kappa shape index (κ2) is 5.60. The maximum absolute atomic E-state index is 4.54. The molecular weight excluding hydrogens is 354 g/mol. The minimum absolute atomic E-state index is 0.440. The standard InChI is InChI=1S/C17H18BrN5/c1-22(13-8-7-11-5-3-4-6-12(11)9-13)16-14-15(18)21-23(2)17(14)20-10-19-16/h3-6,10,13H,7-9H2,1-2H3. The van der Waals surface area contributed by atoms with Gasteiger partial charge in [-0.2, -0.15) is 5.10 Å². The molecule has 0 spiro atoms. The minimum Gasteiger partial charge on any atom is -0.356 e. The minimum atomic E-state index is 0.440. The van der Waals surface area contributed by atoms with E-state index in [1.54, 1.807) is 11.0 Å². The van der Waals surface area contributed by atoms with Crippen LogP contribution in [0.4, 0.5) is 5.82 Å². The number of nitrogens with zero attached hydrogens (tertiary/aromatic N) is 5. The van der Waals surface area contributed by atoms with Gasteiger partial charge in [0.05, 0.1) is 5.39 Å². The summed E-state index contributed by atoms with van der Waals surface area (Å²) in [6.45, 7) is 0. The number of hydrogen-bond donors (Lipinski definition) is 0. The fourth-order valence-electron chi connectivity index (χ4n) is 3.48. The molecule has 0 radical (unpaired) electrons. The Morgan fingerprint density at radius 2 is 2.00 bits per heavy atom. The Morgan fingerprint density at radius 1 is 1.22 bits per heavy atom. The molecule has 5 nitrogen and oxygen atoms in total. The van der Waals surface area contributed by atoms with Gasteiger partial charge in [0.2, 0.25) is 0 Å². The summed E-state index contributed by atoms with van der Waals surface area (Å²) in [5.74, 6) is 0.944. The van der Waals surface area contributed by atoms with Crippen molar-refractivity contribution in [3.05, 3.63) is 46.3 Å². The first-order valence-corrected chi connectivity index (χ1v) is 8.57. The summed E-state index contributed by atoms with van der Waals surface area (Å²) >= 11 is 3.55. The molecule has 118 valence electrons. The Balaban J connectivity index is 1.72. The Hall–Kier alpha value is -1.95. The number of aromatic nitrogens is 4. The number of fused-ring (bicyclic) bond motifs is 2. The Bertz CT molecular complexity index is 873. The van der Waals surface area contributed by atoms with Gasteiger partial charge in [-0.25, -0.2) is 14.6 Å². The normalized spacial score (nSPS) is 17.3. The Kier molecular flexibility index (Phi) is 3.56. The second-order valence-corrected chi connectivity index (χ2v) is 6.84. The molecule has 2 aromatic heterocycles. The van der Waals surface area contributed by atoms with E-state index in [-0.39, 0.29) is 0 Å². The van der Waals surface area contributed by atoms with Crippen molar-refractivity contribution >= 4 is 32.8 Å². The molecule has 0 aliphatic heterocycles. The van der Waals surface area contributed by atoms with Gasteiger partial charge in [-0.05, 0) is 46.3 Å². The van der Waals surface area contributed by atoms with E-state index in [2.05, 4.69) is 67.2 Å². The van der Waals surface area contributed by atoms with Crippen molar-refractivity contribution in [1.82, 2.24) is 19.7 Å². The number of anilines is 1. The molecule has 0 amide bonds. The van der Waals surface area contributed by atoms with Crippen LogP contribution in [0.15, 0.2) is 35.2 Å². The van der Waals surface area contributed by atoms with Crippen molar-refractivity contribution in [3.63, 3.8) is 0 Å². The van der Waals surface area contributed by atoms with Crippen molar-refractivity contribution < 1.29 is 0 Å². The SMILES string of the molecule is CN(c1ncnc2c1c(Br)nn2C)C1CCc2ccccc2C1. The van der Waals surface area contributed by atoms with Crippen molar-refractivity contribution in [2.75, 3.05) is 11.9 Å². The van der Waals surface area contributed by atoms with Crippen molar-refractivity contribution in [1.29, 1.82) is 0 Å². The molecule has 0 saturated heterocycles. The highest BCUT2D eigenvalue weighted by Gasteiger charge is 2.25. The van der Waals surface area contributed by atoms with Gasteiger partial charge in [0, 0.05) is 20.1 Å². The van der Waals surface area contributed by atoms with Gasteiger partial charge in [0.1, 0.15) is 16.7 Å². The summed E-state index contributed by atoms with van der Waals surface area (Å²) in [7, 11) is 4.03.